The molecule has 4 nitrogen and oxygen atoms in total. The Hall–Kier alpha value is -0.910. The average molecular weight is 296 g/mol. The van der Waals surface area contributed by atoms with E-state index in [-0.39, 0.29) is 6.04 Å². The Morgan fingerprint density at radius 3 is 2.45 bits per heavy atom. The summed E-state index contributed by atoms with van der Waals surface area (Å²) in [6.07, 6.45) is 2.25. The van der Waals surface area contributed by atoms with Crippen LogP contribution in [0.15, 0.2) is 29.2 Å². The molecule has 20 heavy (non-hydrogen) atoms. The molecule has 0 heterocycles. The molecular weight excluding hydrogens is 272 g/mol. The van der Waals surface area contributed by atoms with Crippen LogP contribution in [0.5, 0.6) is 0 Å². The van der Waals surface area contributed by atoms with Gasteiger partial charge in [-0.05, 0) is 37.3 Å². The van der Waals surface area contributed by atoms with Crippen molar-refractivity contribution in [3.8, 4) is 0 Å². The summed E-state index contributed by atoms with van der Waals surface area (Å²) in [7, 11) is -3.43. The smallest absolute Gasteiger partial charge is 0.241 e. The summed E-state index contributed by atoms with van der Waals surface area (Å²) in [5.74, 6) is 0.505. The van der Waals surface area contributed by atoms with E-state index in [1.165, 1.54) is 0 Å². The highest BCUT2D eigenvalue weighted by Gasteiger charge is 2.31. The van der Waals surface area contributed by atoms with E-state index in [1.54, 1.807) is 12.1 Å². The van der Waals surface area contributed by atoms with Crippen LogP contribution in [0.3, 0.4) is 0 Å². The Kier molecular flexibility index (Phi) is 4.83. The van der Waals surface area contributed by atoms with Crippen molar-refractivity contribution >= 4 is 10.0 Å². The van der Waals surface area contributed by atoms with E-state index in [1.807, 2.05) is 32.9 Å². The van der Waals surface area contributed by atoms with Crippen LogP contribution in [-0.4, -0.2) is 20.5 Å². The molecule has 0 aromatic heterocycles. The zero-order valence-corrected chi connectivity index (χ0v) is 13.2. The van der Waals surface area contributed by atoms with E-state index in [0.29, 0.717) is 23.4 Å². The van der Waals surface area contributed by atoms with Crippen molar-refractivity contribution in [2.45, 2.75) is 57.1 Å². The van der Waals surface area contributed by atoms with Crippen molar-refractivity contribution in [1.82, 2.24) is 10.0 Å². The third-order valence-electron chi connectivity index (χ3n) is 3.63. The molecule has 1 saturated carbocycles. The van der Waals surface area contributed by atoms with E-state index in [4.69, 9.17) is 0 Å². The van der Waals surface area contributed by atoms with Crippen LogP contribution in [0.2, 0.25) is 0 Å². The monoisotopic (exact) mass is 296 g/mol. The summed E-state index contributed by atoms with van der Waals surface area (Å²) in [4.78, 5) is 0.389. The first-order chi connectivity index (χ1) is 9.40. The lowest BCUT2D eigenvalue weighted by Gasteiger charge is -2.16. The summed E-state index contributed by atoms with van der Waals surface area (Å²) in [5, 5.41) is 3.27. The molecular formula is C15H24N2O2S. The lowest BCUT2D eigenvalue weighted by Crippen LogP contribution is -2.35. The van der Waals surface area contributed by atoms with Gasteiger partial charge in [-0.25, -0.2) is 13.1 Å². The van der Waals surface area contributed by atoms with Gasteiger partial charge in [-0.3, -0.25) is 0 Å². The van der Waals surface area contributed by atoms with Gasteiger partial charge < -0.3 is 5.32 Å². The van der Waals surface area contributed by atoms with E-state index in [0.717, 1.165) is 18.4 Å². The van der Waals surface area contributed by atoms with E-state index in [9.17, 15) is 8.42 Å². The van der Waals surface area contributed by atoms with E-state index >= 15 is 0 Å². The Morgan fingerprint density at radius 2 is 1.85 bits per heavy atom. The lowest BCUT2D eigenvalue weighted by atomic mass is 10.2. The van der Waals surface area contributed by atoms with Crippen LogP contribution in [-0.2, 0) is 16.6 Å². The maximum absolute atomic E-state index is 12.5. The fourth-order valence-corrected chi connectivity index (χ4v) is 3.78. The third kappa shape index (κ3) is 4.04. The van der Waals surface area contributed by atoms with Crippen molar-refractivity contribution < 1.29 is 8.42 Å². The number of nitrogens with one attached hydrogen (secondary N) is 2. The summed E-state index contributed by atoms with van der Waals surface area (Å²) in [5.41, 5.74) is 0.816. The Bertz CT molecular complexity index is 551. The van der Waals surface area contributed by atoms with Crippen molar-refractivity contribution in [2.24, 2.45) is 5.92 Å². The zero-order chi connectivity index (χ0) is 14.8. The first kappa shape index (κ1) is 15.5. The first-order valence-corrected chi connectivity index (χ1v) is 8.72. The molecule has 0 aliphatic heterocycles. The van der Waals surface area contributed by atoms with Crippen molar-refractivity contribution in [3.05, 3.63) is 29.8 Å². The Morgan fingerprint density at radius 1 is 1.20 bits per heavy atom. The second kappa shape index (κ2) is 6.24. The van der Waals surface area contributed by atoms with Crippen molar-refractivity contribution in [1.29, 1.82) is 0 Å². The Balaban J connectivity index is 2.17. The molecule has 2 rings (SSSR count). The molecule has 1 aliphatic carbocycles. The first-order valence-electron chi connectivity index (χ1n) is 7.24. The predicted octanol–water partition coefficient (Wildman–Crippen LogP) is 2.26. The standard InChI is InChI=1S/C15H24N2O2S/c1-11(2)16-10-14-6-4-5-7-15(14)20(18,19)17-12(3)13-8-9-13/h4-7,11-13,16-17H,8-10H2,1-3H3. The normalized spacial score (nSPS) is 17.4. The molecule has 0 radical (unpaired) electrons. The highest BCUT2D eigenvalue weighted by molar-refractivity contribution is 7.89. The molecule has 2 N–H and O–H groups in total. The van der Waals surface area contributed by atoms with Gasteiger partial charge in [-0.15, -0.1) is 0 Å². The molecule has 112 valence electrons. The molecule has 0 spiro atoms. The van der Waals surface area contributed by atoms with Crippen LogP contribution in [0.4, 0.5) is 0 Å². The molecule has 1 fully saturated rings. The van der Waals surface area contributed by atoms with Gasteiger partial charge in [0.1, 0.15) is 0 Å². The highest BCUT2D eigenvalue weighted by Crippen LogP contribution is 2.33. The minimum atomic E-state index is -3.43. The summed E-state index contributed by atoms with van der Waals surface area (Å²) in [6.45, 7) is 6.60. The van der Waals surface area contributed by atoms with Crippen LogP contribution in [0, 0.1) is 5.92 Å². The van der Waals surface area contributed by atoms with Gasteiger partial charge in [0.2, 0.25) is 10.0 Å². The Labute approximate surface area is 122 Å². The number of benzene rings is 1. The quantitative estimate of drug-likeness (QED) is 0.811. The van der Waals surface area contributed by atoms with Gasteiger partial charge in [0.25, 0.3) is 0 Å². The van der Waals surface area contributed by atoms with Crippen LogP contribution < -0.4 is 10.0 Å². The number of hydrogen-bond donors (Lipinski definition) is 2. The van der Waals surface area contributed by atoms with Gasteiger partial charge in [0.05, 0.1) is 4.90 Å². The van der Waals surface area contributed by atoms with Gasteiger partial charge in [0.15, 0.2) is 0 Å². The van der Waals surface area contributed by atoms with Gasteiger partial charge in [-0.2, -0.15) is 0 Å². The van der Waals surface area contributed by atoms with E-state index in [2.05, 4.69) is 10.0 Å². The topological polar surface area (TPSA) is 58.2 Å². The third-order valence-corrected chi connectivity index (χ3v) is 5.29. The summed E-state index contributed by atoms with van der Waals surface area (Å²) in [6, 6.07) is 7.54. The van der Waals surface area contributed by atoms with Gasteiger partial charge in [0, 0.05) is 18.6 Å². The van der Waals surface area contributed by atoms with Crippen molar-refractivity contribution in [2.75, 3.05) is 0 Å². The minimum absolute atomic E-state index is 0.0196. The molecule has 1 aliphatic rings. The number of rotatable bonds is 7. The molecule has 1 aromatic carbocycles. The largest absolute Gasteiger partial charge is 0.310 e. The van der Waals surface area contributed by atoms with Crippen LogP contribution >= 0.6 is 0 Å². The minimum Gasteiger partial charge on any atom is -0.310 e. The number of sulfonamides is 1. The van der Waals surface area contributed by atoms with E-state index < -0.39 is 10.0 Å². The fourth-order valence-electron chi connectivity index (χ4n) is 2.23. The molecule has 0 bridgehead atoms. The van der Waals surface area contributed by atoms with Crippen molar-refractivity contribution in [3.63, 3.8) is 0 Å². The van der Waals surface area contributed by atoms with Gasteiger partial charge in [-0.1, -0.05) is 32.0 Å². The molecule has 1 atom stereocenters. The summed E-state index contributed by atoms with van der Waals surface area (Å²) < 4.78 is 27.8. The second-order valence-electron chi connectivity index (χ2n) is 5.89. The SMILES string of the molecule is CC(C)NCc1ccccc1S(=O)(=O)NC(C)C1CC1. The van der Waals surface area contributed by atoms with Crippen LogP contribution in [0.25, 0.3) is 0 Å². The molecule has 1 unspecified atom stereocenters. The highest BCUT2D eigenvalue weighted by atomic mass is 32.2. The van der Waals surface area contributed by atoms with Crippen LogP contribution in [0.1, 0.15) is 39.2 Å². The predicted molar refractivity (Wildman–Crippen MR) is 80.9 cm³/mol. The molecule has 0 saturated heterocycles. The maximum Gasteiger partial charge on any atom is 0.241 e. The number of hydrogen-bond acceptors (Lipinski definition) is 3. The maximum atomic E-state index is 12.5. The second-order valence-corrected chi connectivity index (χ2v) is 7.57. The molecule has 1 aromatic rings. The fraction of sp³-hybridized carbons (Fsp3) is 0.600. The van der Waals surface area contributed by atoms with Gasteiger partial charge >= 0.3 is 0 Å². The molecule has 0 amide bonds. The molecule has 5 heteroatoms. The average Bonchev–Trinajstić information content (AvgIpc) is 3.20. The zero-order valence-electron chi connectivity index (χ0n) is 12.4. The lowest BCUT2D eigenvalue weighted by molar-refractivity contribution is 0.534. The summed E-state index contributed by atoms with van der Waals surface area (Å²) >= 11 is 0.